The summed E-state index contributed by atoms with van der Waals surface area (Å²) in [4.78, 5) is 20.3. The van der Waals surface area contributed by atoms with E-state index in [-0.39, 0.29) is 11.9 Å². The number of carbonyl (C=O) groups is 1. The molecule has 0 saturated carbocycles. The zero-order valence-corrected chi connectivity index (χ0v) is 13.2. The van der Waals surface area contributed by atoms with Gasteiger partial charge in [0.25, 0.3) is 0 Å². The van der Waals surface area contributed by atoms with E-state index in [1.54, 1.807) is 37.2 Å². The van der Waals surface area contributed by atoms with Gasteiger partial charge in [0.1, 0.15) is 0 Å². The molecule has 0 aliphatic rings. The minimum Gasteiger partial charge on any atom is -0.346 e. The van der Waals surface area contributed by atoms with Crippen molar-refractivity contribution in [3.8, 4) is 0 Å². The number of hydrogen-bond donors (Lipinski definition) is 1. The Labute approximate surface area is 140 Å². The van der Waals surface area contributed by atoms with E-state index in [1.807, 2.05) is 51.9 Å². The van der Waals surface area contributed by atoms with Gasteiger partial charge in [-0.1, -0.05) is 30.3 Å². The van der Waals surface area contributed by atoms with Crippen molar-refractivity contribution in [2.75, 3.05) is 0 Å². The molecule has 6 nitrogen and oxygen atoms in total. The standard InChI is InChI=1S/C18H19N5O/c24-18(7-6-16-4-2-1-3-5-16)21-17(12-22-10-8-19-14-22)13-23-11-9-20-15-23/h1-11,14-15,17H,12-13H2,(H,21,24). The quantitative estimate of drug-likeness (QED) is 0.677. The Kier molecular flexibility index (Phi) is 5.19. The lowest BCUT2D eigenvalue weighted by Crippen LogP contribution is -2.39. The van der Waals surface area contributed by atoms with Gasteiger partial charge in [-0.05, 0) is 11.6 Å². The van der Waals surface area contributed by atoms with Crippen molar-refractivity contribution in [3.05, 3.63) is 79.4 Å². The number of nitrogens with one attached hydrogen (secondary N) is 1. The van der Waals surface area contributed by atoms with Crippen molar-refractivity contribution < 1.29 is 4.79 Å². The molecule has 0 radical (unpaired) electrons. The second-order valence-electron chi connectivity index (χ2n) is 5.47. The molecule has 1 aromatic carbocycles. The van der Waals surface area contributed by atoms with E-state index in [0.717, 1.165) is 5.56 Å². The lowest BCUT2D eigenvalue weighted by atomic mass is 10.2. The zero-order valence-electron chi connectivity index (χ0n) is 13.2. The van der Waals surface area contributed by atoms with Crippen LogP contribution in [0, 0.1) is 0 Å². The lowest BCUT2D eigenvalue weighted by molar-refractivity contribution is -0.117. The molecule has 2 aromatic heterocycles. The molecule has 0 saturated heterocycles. The van der Waals surface area contributed by atoms with E-state index in [4.69, 9.17) is 0 Å². The third kappa shape index (κ3) is 4.67. The third-order valence-electron chi connectivity index (χ3n) is 3.55. The number of imidazole rings is 2. The molecule has 0 bridgehead atoms. The van der Waals surface area contributed by atoms with E-state index in [9.17, 15) is 4.79 Å². The maximum absolute atomic E-state index is 12.2. The summed E-state index contributed by atoms with van der Waals surface area (Å²) in [6, 6.07) is 9.68. The highest BCUT2D eigenvalue weighted by atomic mass is 16.1. The molecule has 2 heterocycles. The zero-order chi connectivity index (χ0) is 16.6. The van der Waals surface area contributed by atoms with Gasteiger partial charge in [0.05, 0.1) is 18.7 Å². The van der Waals surface area contributed by atoms with Gasteiger partial charge >= 0.3 is 0 Å². The largest absolute Gasteiger partial charge is 0.346 e. The SMILES string of the molecule is O=C(C=Cc1ccccc1)NC(Cn1ccnc1)Cn1ccnc1. The van der Waals surface area contributed by atoms with Crippen molar-refractivity contribution in [2.45, 2.75) is 19.1 Å². The molecule has 122 valence electrons. The number of amides is 1. The van der Waals surface area contributed by atoms with Gasteiger partial charge < -0.3 is 14.5 Å². The van der Waals surface area contributed by atoms with E-state index in [0.29, 0.717) is 13.1 Å². The Morgan fingerprint density at radius 1 is 1.04 bits per heavy atom. The fourth-order valence-electron chi connectivity index (χ4n) is 2.43. The molecule has 0 aliphatic carbocycles. The Morgan fingerprint density at radius 3 is 2.21 bits per heavy atom. The molecule has 1 amide bonds. The second kappa shape index (κ2) is 7.92. The van der Waals surface area contributed by atoms with E-state index >= 15 is 0 Å². The lowest BCUT2D eigenvalue weighted by Gasteiger charge is -2.19. The average Bonchev–Trinajstić information content (AvgIpc) is 3.28. The fraction of sp³-hybridized carbons (Fsp3) is 0.167. The summed E-state index contributed by atoms with van der Waals surface area (Å²) in [5, 5.41) is 3.04. The number of rotatable bonds is 7. The van der Waals surface area contributed by atoms with Crippen LogP contribution < -0.4 is 5.32 Å². The van der Waals surface area contributed by atoms with Crippen LogP contribution in [0.4, 0.5) is 0 Å². The van der Waals surface area contributed by atoms with Gasteiger partial charge in [-0.15, -0.1) is 0 Å². The van der Waals surface area contributed by atoms with Gasteiger partial charge in [0.2, 0.25) is 5.91 Å². The predicted molar refractivity (Wildman–Crippen MR) is 91.9 cm³/mol. The molecule has 3 rings (SSSR count). The first-order valence-electron chi connectivity index (χ1n) is 7.75. The van der Waals surface area contributed by atoms with Crippen molar-refractivity contribution >= 4 is 12.0 Å². The number of benzene rings is 1. The summed E-state index contributed by atoms with van der Waals surface area (Å²) < 4.78 is 3.89. The first-order valence-corrected chi connectivity index (χ1v) is 7.75. The van der Waals surface area contributed by atoms with Gasteiger partial charge in [-0.2, -0.15) is 0 Å². The number of nitrogens with zero attached hydrogens (tertiary/aromatic N) is 4. The van der Waals surface area contributed by atoms with Crippen LogP contribution in [0.5, 0.6) is 0 Å². The predicted octanol–water partition coefficient (Wildman–Crippen LogP) is 1.98. The molecule has 0 aliphatic heterocycles. The summed E-state index contributed by atoms with van der Waals surface area (Å²) in [5.74, 6) is -0.121. The first-order chi connectivity index (χ1) is 11.8. The highest BCUT2D eigenvalue weighted by Crippen LogP contribution is 2.02. The molecular formula is C18H19N5O. The Balaban J connectivity index is 1.63. The molecule has 0 unspecified atom stereocenters. The average molecular weight is 321 g/mol. The minimum absolute atomic E-state index is 0.0682. The summed E-state index contributed by atoms with van der Waals surface area (Å²) in [6.45, 7) is 1.28. The molecule has 0 spiro atoms. The second-order valence-corrected chi connectivity index (χ2v) is 5.47. The first kappa shape index (κ1) is 15.7. The van der Waals surface area contributed by atoms with E-state index in [1.165, 1.54) is 0 Å². The molecule has 1 N–H and O–H groups in total. The van der Waals surface area contributed by atoms with E-state index < -0.39 is 0 Å². The topological polar surface area (TPSA) is 64.7 Å². The van der Waals surface area contributed by atoms with Crippen molar-refractivity contribution in [1.29, 1.82) is 0 Å². The summed E-state index contributed by atoms with van der Waals surface area (Å²) in [7, 11) is 0. The number of carbonyl (C=O) groups excluding carboxylic acids is 1. The van der Waals surface area contributed by atoms with Crippen LogP contribution >= 0.6 is 0 Å². The van der Waals surface area contributed by atoms with E-state index in [2.05, 4.69) is 15.3 Å². The highest BCUT2D eigenvalue weighted by Gasteiger charge is 2.12. The van der Waals surface area contributed by atoms with Gasteiger partial charge in [0, 0.05) is 44.0 Å². The molecule has 24 heavy (non-hydrogen) atoms. The van der Waals surface area contributed by atoms with Gasteiger partial charge in [0.15, 0.2) is 0 Å². The van der Waals surface area contributed by atoms with Crippen molar-refractivity contribution in [3.63, 3.8) is 0 Å². The smallest absolute Gasteiger partial charge is 0.244 e. The number of aromatic nitrogens is 4. The van der Waals surface area contributed by atoms with Crippen LogP contribution in [0.15, 0.2) is 73.8 Å². The Morgan fingerprint density at radius 2 is 1.67 bits per heavy atom. The van der Waals surface area contributed by atoms with Crippen LogP contribution in [0.2, 0.25) is 0 Å². The van der Waals surface area contributed by atoms with Gasteiger partial charge in [-0.25, -0.2) is 9.97 Å². The molecule has 3 aromatic rings. The number of hydrogen-bond acceptors (Lipinski definition) is 3. The molecular weight excluding hydrogens is 302 g/mol. The maximum Gasteiger partial charge on any atom is 0.244 e. The summed E-state index contributed by atoms with van der Waals surface area (Å²) in [5.41, 5.74) is 0.994. The van der Waals surface area contributed by atoms with Crippen LogP contribution in [0.1, 0.15) is 5.56 Å². The molecule has 6 heteroatoms. The minimum atomic E-state index is -0.121. The van der Waals surface area contributed by atoms with Crippen LogP contribution in [0.25, 0.3) is 6.08 Å². The van der Waals surface area contributed by atoms with Crippen molar-refractivity contribution in [2.24, 2.45) is 0 Å². The normalized spacial score (nSPS) is 11.2. The van der Waals surface area contributed by atoms with Crippen LogP contribution in [0.3, 0.4) is 0 Å². The molecule has 0 fully saturated rings. The Bertz CT molecular complexity index is 727. The maximum atomic E-state index is 12.2. The van der Waals surface area contributed by atoms with Crippen molar-refractivity contribution in [1.82, 2.24) is 24.4 Å². The Hall–Kier alpha value is -3.15. The summed E-state index contributed by atoms with van der Waals surface area (Å²) in [6.07, 6.45) is 14.1. The molecule has 0 atom stereocenters. The summed E-state index contributed by atoms with van der Waals surface area (Å²) >= 11 is 0. The monoisotopic (exact) mass is 321 g/mol. The third-order valence-corrected chi connectivity index (χ3v) is 3.55. The van der Waals surface area contributed by atoms with Crippen LogP contribution in [-0.4, -0.2) is 31.1 Å². The highest BCUT2D eigenvalue weighted by molar-refractivity contribution is 5.91. The fourth-order valence-corrected chi connectivity index (χ4v) is 2.43. The van der Waals surface area contributed by atoms with Crippen LogP contribution in [-0.2, 0) is 17.9 Å². The van der Waals surface area contributed by atoms with Gasteiger partial charge in [-0.3, -0.25) is 4.79 Å².